The van der Waals surface area contributed by atoms with Crippen molar-refractivity contribution in [2.24, 2.45) is 28.7 Å². The number of nitrogens with one attached hydrogen (secondary N) is 15. The van der Waals surface area contributed by atoms with Crippen LogP contribution in [0.2, 0.25) is 0 Å². The first-order valence-corrected chi connectivity index (χ1v) is 39.3. The minimum atomic E-state index is -2.06. The molecule has 17 amide bonds. The number of phenols is 2. The number of aliphatic carboxylic acids is 1. The number of primary amides is 3. The molecule has 616 valence electrons. The van der Waals surface area contributed by atoms with Crippen LogP contribution in [0.3, 0.4) is 0 Å². The second kappa shape index (κ2) is 46.3. The van der Waals surface area contributed by atoms with Gasteiger partial charge in [0, 0.05) is 63.4 Å². The summed E-state index contributed by atoms with van der Waals surface area (Å²) in [6, 6.07) is -12.3. The third-order valence-electron chi connectivity index (χ3n) is 17.7. The van der Waals surface area contributed by atoms with Gasteiger partial charge in [0.25, 0.3) is 0 Å². The highest BCUT2D eigenvalue weighted by atomic mass is 127. The molecule has 45 heteroatoms. The summed E-state index contributed by atoms with van der Waals surface area (Å²) in [7, 11) is 1.56. The average molecular weight is 1720 g/mol. The molecule has 42 nitrogen and oxygen atoms in total. The van der Waals surface area contributed by atoms with Gasteiger partial charge in [0.05, 0.1) is 22.6 Å². The van der Waals surface area contributed by atoms with Crippen LogP contribution in [0.5, 0.6) is 11.5 Å². The summed E-state index contributed by atoms with van der Waals surface area (Å²) in [5.74, 6) is -19.7. The molecular weight excluding hydrogens is 1630 g/mol. The standard InChI is InChI=1S/C67H98IN21O21S2/c1-32(90)53-64(108)86-44(28-52(96)97)65(109)89-24-6-10-47(89)63(107)83-39(8-4-22-76-66(72)73)57(101)87-46-31-112-111-30-45(78-51(95)29-69)61(105)82-41(59(103)88-53)17-20-50(94)75-21-3-2-7-37(55(99)84-42(54(71)98)26-33-11-14-35(91)15-12-33)79-58(102)40(16-19-49(70)93)81-60(104)43(27-34-13-18-48(92)36(68)25-34)85-56(100)38(80-62(46)106)9-5-23-77-67(74)110/h11-15,18,25,32,37-47,53,90-92H,2-10,16-17,19-24,26-31,69H2,1H3,(H2,70,93)(H2,71,98)(H,75,94)(H,78,95)(H,79,102)(H,80,106)(H,81,104)(H,82,105)(H,83,107)(H,84,99)(H,85,100)(H,86,108)(H,87,101)(H,88,103)(H,96,97)(H4,72,73,76)(H3,74,77,110)/t32-,37-,38+,39+,40+,41+,42+,43+,44+,45?,46+,47?,53+/m1/s1. The Morgan fingerprint density at radius 1 is 0.643 bits per heavy atom. The number of urea groups is 1. The highest BCUT2D eigenvalue weighted by Gasteiger charge is 2.43. The van der Waals surface area contributed by atoms with Crippen LogP contribution in [0.4, 0.5) is 4.79 Å². The predicted molar refractivity (Wildman–Crippen MR) is 410 cm³/mol. The quantitative estimate of drug-likeness (QED) is 0.0162. The largest absolute Gasteiger partial charge is 0.508 e. The number of carbonyl (C=O) groups excluding carboxylic acids is 16. The van der Waals surface area contributed by atoms with Gasteiger partial charge in [0.2, 0.25) is 88.6 Å². The molecule has 0 aliphatic carbocycles. The summed E-state index contributed by atoms with van der Waals surface area (Å²) in [5, 5.41) is 84.2. The maximum atomic E-state index is 15.2. The number of fused-ring (bicyclic) bond motifs is 9. The van der Waals surface area contributed by atoms with Crippen molar-refractivity contribution in [2.75, 3.05) is 44.2 Å². The Morgan fingerprint density at radius 3 is 1.85 bits per heavy atom. The number of nitrogens with zero attached hydrogens (tertiary/aromatic N) is 1. The fraction of sp³-hybridized carbons (Fsp3) is 0.552. The number of phenolic OH excluding ortho intramolecular Hbond substituents is 2. The Balaban J connectivity index is 1.74. The van der Waals surface area contributed by atoms with Crippen LogP contribution in [-0.2, 0) is 89.6 Å². The van der Waals surface area contributed by atoms with Gasteiger partial charge in [-0.3, -0.25) is 82.1 Å². The molecule has 5 rings (SSSR count). The van der Waals surface area contributed by atoms with E-state index in [9.17, 15) is 87.5 Å². The third-order valence-corrected chi connectivity index (χ3v) is 21.0. The Labute approximate surface area is 663 Å². The van der Waals surface area contributed by atoms with Crippen LogP contribution in [-0.4, -0.2) is 255 Å². The lowest BCUT2D eigenvalue weighted by Crippen LogP contribution is -2.62. The number of carboxylic acids is 1. The number of rotatable bonds is 23. The molecule has 3 aliphatic heterocycles. The predicted octanol–water partition coefficient (Wildman–Crippen LogP) is -7.44. The molecular formula is C67H98IN21O21S2. The van der Waals surface area contributed by atoms with E-state index in [1.165, 1.54) is 42.5 Å². The van der Waals surface area contributed by atoms with Gasteiger partial charge in [-0.25, -0.2) is 4.79 Å². The van der Waals surface area contributed by atoms with Crippen molar-refractivity contribution in [3.63, 3.8) is 0 Å². The van der Waals surface area contributed by atoms with Gasteiger partial charge in [-0.2, -0.15) is 0 Å². The molecule has 3 saturated heterocycles. The van der Waals surface area contributed by atoms with Gasteiger partial charge >= 0.3 is 12.0 Å². The number of guanidine groups is 1. The van der Waals surface area contributed by atoms with E-state index >= 15 is 14.4 Å². The summed E-state index contributed by atoms with van der Waals surface area (Å²) < 4.78 is 0.269. The lowest BCUT2D eigenvalue weighted by atomic mass is 10.0. The minimum absolute atomic E-state index is 0.0103. The Hall–Kier alpha value is -10.5. The number of aliphatic hydroxyl groups is 1. The highest BCUT2D eigenvalue weighted by molar-refractivity contribution is 14.1. The fourth-order valence-corrected chi connectivity index (χ4v) is 14.7. The molecule has 2 aromatic carbocycles. The topological polar surface area (TPSA) is 697 Å². The van der Waals surface area contributed by atoms with Crippen LogP contribution in [0.25, 0.3) is 0 Å². The van der Waals surface area contributed by atoms with Crippen molar-refractivity contribution in [3.05, 3.63) is 57.2 Å². The number of carbonyl (C=O) groups is 17. The molecule has 2 bridgehead atoms. The maximum absolute atomic E-state index is 15.2. The van der Waals surface area contributed by atoms with Crippen molar-refractivity contribution in [1.29, 1.82) is 5.41 Å². The number of aliphatic hydroxyl groups excluding tert-OH is 1. The van der Waals surface area contributed by atoms with Crippen LogP contribution >= 0.6 is 44.2 Å². The Bertz CT molecular complexity index is 3760. The number of aromatic hydroxyl groups is 2. The number of nitrogens with two attached hydrogens (primary N) is 5. The lowest BCUT2D eigenvalue weighted by molar-refractivity contribution is -0.146. The van der Waals surface area contributed by atoms with Crippen LogP contribution in [0.15, 0.2) is 42.5 Å². The van der Waals surface area contributed by atoms with Crippen LogP contribution < -0.4 is 103 Å². The summed E-state index contributed by atoms with van der Waals surface area (Å²) in [6.07, 6.45) is -7.25. The lowest BCUT2D eigenvalue weighted by Gasteiger charge is -2.31. The molecule has 13 atom stereocenters. The van der Waals surface area contributed by atoms with Gasteiger partial charge in [0.1, 0.15) is 84.0 Å². The zero-order valence-electron chi connectivity index (χ0n) is 61.1. The van der Waals surface area contributed by atoms with E-state index < -0.39 is 248 Å². The van der Waals surface area contributed by atoms with Gasteiger partial charge in [-0.1, -0.05) is 39.8 Å². The molecule has 2 unspecified atom stereocenters. The molecule has 0 saturated carbocycles. The fourth-order valence-electron chi connectivity index (χ4n) is 11.8. The van der Waals surface area contributed by atoms with Crippen LogP contribution in [0.1, 0.15) is 108 Å². The SMILES string of the molecule is C[C@@H](O)[C@@H]1NC(=O)[C@@H]2CCC(=O)NCCCC[C@H](C(=O)N[C@@H](Cc3ccc(O)cc3)C(N)=O)NC(=O)[C@H](CCC(N)=O)NC(=O)[C@H](Cc3ccc(O)c(I)c3)NC(=O)[C@H](CCCNC(N)=O)NC(=O)[C@H](CSSCC(NC(=O)CN)C(=O)N2)NC(=O)[C@H](CCCNC(=N)N)NC(=O)C2CCCN2C(=O)[C@H](CC(=O)O)NC1=O. The second-order valence-electron chi connectivity index (χ2n) is 26.5. The van der Waals surface area contributed by atoms with Crippen molar-refractivity contribution < 1.29 is 102 Å². The molecule has 29 N–H and O–H groups in total. The first kappa shape index (κ1) is 92.1. The van der Waals surface area contributed by atoms with E-state index in [2.05, 4.69) is 74.4 Å². The highest BCUT2D eigenvalue weighted by Crippen LogP contribution is 2.26. The van der Waals surface area contributed by atoms with E-state index in [4.69, 9.17) is 34.1 Å². The Morgan fingerprint density at radius 2 is 1.22 bits per heavy atom. The molecule has 3 heterocycles. The summed E-state index contributed by atoms with van der Waals surface area (Å²) in [4.78, 5) is 240. The number of amides is 17. The molecule has 0 aromatic heterocycles. The first-order chi connectivity index (χ1) is 53.0. The van der Waals surface area contributed by atoms with Crippen molar-refractivity contribution in [2.45, 2.75) is 188 Å². The monoisotopic (exact) mass is 1720 g/mol. The zero-order chi connectivity index (χ0) is 82.9. The molecule has 0 radical (unpaired) electrons. The molecule has 2 aromatic rings. The Kier molecular flexibility index (Phi) is 38.1. The number of hydrogen-bond acceptors (Lipinski definition) is 24. The molecule has 0 spiro atoms. The van der Waals surface area contributed by atoms with Gasteiger partial charge in [0.15, 0.2) is 5.96 Å². The molecule has 3 aliphatic rings. The zero-order valence-corrected chi connectivity index (χ0v) is 64.9. The minimum Gasteiger partial charge on any atom is -0.508 e. The number of hydrogen-bond donors (Lipinski definition) is 24. The first-order valence-electron chi connectivity index (χ1n) is 35.7. The average Bonchev–Trinajstić information content (AvgIpc) is 1.59. The smallest absolute Gasteiger partial charge is 0.312 e. The van der Waals surface area contributed by atoms with E-state index in [1.807, 2.05) is 0 Å². The van der Waals surface area contributed by atoms with Crippen molar-refractivity contribution in [1.82, 2.24) is 79.3 Å². The molecule has 112 heavy (non-hydrogen) atoms. The number of halogens is 1. The summed E-state index contributed by atoms with van der Waals surface area (Å²) >= 11 is 1.80. The summed E-state index contributed by atoms with van der Waals surface area (Å²) in [6.45, 7) is -0.381. The number of benzene rings is 2. The van der Waals surface area contributed by atoms with Crippen LogP contribution in [0, 0.1) is 8.98 Å². The van der Waals surface area contributed by atoms with E-state index in [1.54, 1.807) is 22.6 Å². The van der Waals surface area contributed by atoms with E-state index in [0.717, 1.165) is 33.4 Å². The second-order valence-corrected chi connectivity index (χ2v) is 30.2. The normalized spacial score (nSPS) is 24.2. The van der Waals surface area contributed by atoms with Gasteiger partial charge in [-0.05, 0) is 136 Å². The summed E-state index contributed by atoms with van der Waals surface area (Å²) in [5.41, 5.74) is 28.6. The number of carboxylic acid groups (broad SMARTS) is 1. The van der Waals surface area contributed by atoms with E-state index in [0.29, 0.717) is 5.56 Å². The maximum Gasteiger partial charge on any atom is 0.312 e. The van der Waals surface area contributed by atoms with E-state index in [-0.39, 0.29) is 105 Å². The van der Waals surface area contributed by atoms with Gasteiger partial charge < -0.3 is 128 Å². The van der Waals surface area contributed by atoms with Crippen molar-refractivity contribution >= 4 is 151 Å². The third kappa shape index (κ3) is 31.3. The van der Waals surface area contributed by atoms with Crippen molar-refractivity contribution in [3.8, 4) is 11.5 Å². The van der Waals surface area contributed by atoms with Gasteiger partial charge in [-0.15, -0.1) is 0 Å². The molecule has 3 fully saturated rings.